The van der Waals surface area contributed by atoms with E-state index in [0.717, 1.165) is 17.1 Å². The fourth-order valence-electron chi connectivity index (χ4n) is 2.17. The van der Waals surface area contributed by atoms with E-state index in [9.17, 15) is 0 Å². The Labute approximate surface area is 110 Å². The largest absolute Gasteiger partial charge is 0.238 e. The smallest absolute Gasteiger partial charge is 0.113 e. The standard InChI is InChI=1S/C14H21N3Si/c1-11(10-18(3,4)5)12(2)17-14-9-7-6-8-13(14)15-16-17/h6-9,12H,1,10H2,2-5H3. The van der Waals surface area contributed by atoms with Gasteiger partial charge in [-0.25, -0.2) is 4.68 Å². The fraction of sp³-hybridized carbons (Fsp3) is 0.429. The quantitative estimate of drug-likeness (QED) is 0.616. The number of nitrogens with zero attached hydrogens (tertiary/aromatic N) is 3. The summed E-state index contributed by atoms with van der Waals surface area (Å²) in [4.78, 5) is 0. The van der Waals surface area contributed by atoms with E-state index in [2.05, 4.69) is 49.5 Å². The van der Waals surface area contributed by atoms with E-state index in [1.54, 1.807) is 0 Å². The Morgan fingerprint density at radius 2 is 2.00 bits per heavy atom. The van der Waals surface area contributed by atoms with Crippen LogP contribution in [0.5, 0.6) is 0 Å². The fourth-order valence-corrected chi connectivity index (χ4v) is 3.83. The number of hydrogen-bond donors (Lipinski definition) is 0. The van der Waals surface area contributed by atoms with Crippen LogP contribution >= 0.6 is 0 Å². The lowest BCUT2D eigenvalue weighted by atomic mass is 10.2. The van der Waals surface area contributed by atoms with Gasteiger partial charge in [0, 0.05) is 8.07 Å². The second-order valence-electron chi connectivity index (χ2n) is 6.09. The summed E-state index contributed by atoms with van der Waals surface area (Å²) in [6.45, 7) is 13.5. The van der Waals surface area contributed by atoms with Crippen LogP contribution < -0.4 is 0 Å². The molecule has 0 saturated heterocycles. The number of fused-ring (bicyclic) bond motifs is 1. The van der Waals surface area contributed by atoms with Gasteiger partial charge in [-0.15, -0.1) is 5.10 Å². The van der Waals surface area contributed by atoms with Gasteiger partial charge in [-0.3, -0.25) is 0 Å². The SMILES string of the molecule is C=C(C[Si](C)(C)C)C(C)n1nnc2ccccc21. The van der Waals surface area contributed by atoms with Crippen LogP contribution in [-0.2, 0) is 0 Å². The first-order valence-corrected chi connectivity index (χ1v) is 10.1. The lowest BCUT2D eigenvalue weighted by Gasteiger charge is -2.22. The summed E-state index contributed by atoms with van der Waals surface area (Å²) < 4.78 is 1.98. The van der Waals surface area contributed by atoms with Crippen LogP contribution in [0.25, 0.3) is 11.0 Å². The highest BCUT2D eigenvalue weighted by atomic mass is 28.3. The zero-order chi connectivity index (χ0) is 13.3. The van der Waals surface area contributed by atoms with Crippen molar-refractivity contribution < 1.29 is 0 Å². The molecule has 1 unspecified atom stereocenters. The molecule has 0 bridgehead atoms. The highest BCUT2D eigenvalue weighted by Crippen LogP contribution is 2.26. The third kappa shape index (κ3) is 2.69. The van der Waals surface area contributed by atoms with Crippen molar-refractivity contribution in [1.82, 2.24) is 15.0 Å². The summed E-state index contributed by atoms with van der Waals surface area (Å²) in [5, 5.41) is 8.47. The van der Waals surface area contributed by atoms with Crippen molar-refractivity contribution in [1.29, 1.82) is 0 Å². The Kier molecular flexibility index (Phi) is 3.39. The monoisotopic (exact) mass is 259 g/mol. The van der Waals surface area contributed by atoms with Crippen LogP contribution in [-0.4, -0.2) is 23.1 Å². The zero-order valence-corrected chi connectivity index (χ0v) is 12.6. The zero-order valence-electron chi connectivity index (χ0n) is 11.6. The molecule has 2 rings (SSSR count). The van der Waals surface area contributed by atoms with Gasteiger partial charge in [0.05, 0.1) is 11.6 Å². The maximum Gasteiger partial charge on any atom is 0.113 e. The first kappa shape index (κ1) is 13.0. The van der Waals surface area contributed by atoms with E-state index >= 15 is 0 Å². The molecule has 0 aliphatic heterocycles. The Balaban J connectivity index is 2.28. The molecule has 1 aromatic carbocycles. The average molecular weight is 259 g/mol. The van der Waals surface area contributed by atoms with Crippen molar-refractivity contribution in [2.24, 2.45) is 0 Å². The minimum atomic E-state index is -1.12. The van der Waals surface area contributed by atoms with E-state index in [1.165, 1.54) is 5.57 Å². The molecule has 0 fully saturated rings. The predicted octanol–water partition coefficient (Wildman–Crippen LogP) is 3.89. The lowest BCUT2D eigenvalue weighted by molar-refractivity contribution is 0.551. The molecule has 0 N–H and O–H groups in total. The van der Waals surface area contributed by atoms with Crippen molar-refractivity contribution in [3.8, 4) is 0 Å². The summed E-state index contributed by atoms with van der Waals surface area (Å²) >= 11 is 0. The molecular weight excluding hydrogens is 238 g/mol. The number of allylic oxidation sites excluding steroid dienone is 1. The van der Waals surface area contributed by atoms with Gasteiger partial charge in [0.25, 0.3) is 0 Å². The molecule has 0 aliphatic carbocycles. The summed E-state index contributed by atoms with van der Waals surface area (Å²) in [6.07, 6.45) is 0. The first-order valence-electron chi connectivity index (χ1n) is 6.36. The molecule has 0 spiro atoms. The van der Waals surface area contributed by atoms with E-state index in [1.807, 2.05) is 22.9 Å². The highest BCUT2D eigenvalue weighted by molar-refractivity contribution is 6.76. The molecule has 2 aromatic rings. The summed E-state index contributed by atoms with van der Waals surface area (Å²) in [7, 11) is -1.12. The Morgan fingerprint density at radius 1 is 1.33 bits per heavy atom. The summed E-state index contributed by atoms with van der Waals surface area (Å²) in [5.41, 5.74) is 3.29. The van der Waals surface area contributed by atoms with Crippen LogP contribution in [0, 0.1) is 0 Å². The molecule has 4 heteroatoms. The molecule has 3 nitrogen and oxygen atoms in total. The molecule has 0 radical (unpaired) electrons. The van der Waals surface area contributed by atoms with Gasteiger partial charge in [-0.05, 0) is 25.1 Å². The highest BCUT2D eigenvalue weighted by Gasteiger charge is 2.20. The van der Waals surface area contributed by atoms with Crippen LogP contribution in [0.3, 0.4) is 0 Å². The number of hydrogen-bond acceptors (Lipinski definition) is 2. The van der Waals surface area contributed by atoms with Crippen molar-refractivity contribution >= 4 is 19.1 Å². The molecular formula is C14H21N3Si. The number of aromatic nitrogens is 3. The normalized spacial score (nSPS) is 13.8. The van der Waals surface area contributed by atoms with Crippen LogP contribution in [0.15, 0.2) is 36.4 Å². The van der Waals surface area contributed by atoms with Crippen molar-refractivity contribution in [2.45, 2.75) is 38.7 Å². The maximum absolute atomic E-state index is 4.27. The van der Waals surface area contributed by atoms with E-state index in [-0.39, 0.29) is 6.04 Å². The predicted molar refractivity (Wildman–Crippen MR) is 79.5 cm³/mol. The van der Waals surface area contributed by atoms with Crippen LogP contribution in [0.1, 0.15) is 13.0 Å². The van der Waals surface area contributed by atoms with Gasteiger partial charge in [0.15, 0.2) is 0 Å². The Morgan fingerprint density at radius 3 is 2.67 bits per heavy atom. The molecule has 18 heavy (non-hydrogen) atoms. The van der Waals surface area contributed by atoms with Gasteiger partial charge < -0.3 is 0 Å². The minimum Gasteiger partial charge on any atom is -0.238 e. The van der Waals surface area contributed by atoms with Gasteiger partial charge in [-0.1, -0.05) is 49.1 Å². The Hall–Kier alpha value is -1.42. The third-order valence-corrected chi connectivity index (χ3v) is 4.61. The topological polar surface area (TPSA) is 30.7 Å². The lowest BCUT2D eigenvalue weighted by Crippen LogP contribution is -2.22. The van der Waals surface area contributed by atoms with Crippen molar-refractivity contribution in [3.05, 3.63) is 36.4 Å². The van der Waals surface area contributed by atoms with Crippen LogP contribution in [0.2, 0.25) is 25.7 Å². The van der Waals surface area contributed by atoms with E-state index < -0.39 is 8.07 Å². The van der Waals surface area contributed by atoms with E-state index in [4.69, 9.17) is 0 Å². The summed E-state index contributed by atoms with van der Waals surface area (Å²) in [5.74, 6) is 0. The molecule has 0 amide bonds. The van der Waals surface area contributed by atoms with Crippen molar-refractivity contribution in [3.63, 3.8) is 0 Å². The molecule has 1 aromatic heterocycles. The van der Waals surface area contributed by atoms with Gasteiger partial charge >= 0.3 is 0 Å². The molecule has 0 aliphatic rings. The van der Waals surface area contributed by atoms with Gasteiger partial charge in [0.1, 0.15) is 5.52 Å². The summed E-state index contributed by atoms with van der Waals surface area (Å²) in [6, 6.07) is 9.41. The van der Waals surface area contributed by atoms with Crippen molar-refractivity contribution in [2.75, 3.05) is 0 Å². The Bertz CT molecular complexity index is 566. The maximum atomic E-state index is 4.27. The molecule has 0 saturated carbocycles. The van der Waals surface area contributed by atoms with E-state index in [0.29, 0.717) is 0 Å². The number of benzene rings is 1. The second kappa shape index (κ2) is 4.69. The van der Waals surface area contributed by atoms with Gasteiger partial charge in [-0.2, -0.15) is 0 Å². The van der Waals surface area contributed by atoms with Crippen LogP contribution in [0.4, 0.5) is 0 Å². The minimum absolute atomic E-state index is 0.212. The number of para-hydroxylation sites is 1. The third-order valence-electron chi connectivity index (χ3n) is 3.09. The average Bonchev–Trinajstić information content (AvgIpc) is 2.69. The number of rotatable bonds is 4. The molecule has 1 atom stereocenters. The molecule has 1 heterocycles. The first-order chi connectivity index (χ1) is 8.38. The molecule has 96 valence electrons. The van der Waals surface area contributed by atoms with Gasteiger partial charge in [0.2, 0.25) is 0 Å². The second-order valence-corrected chi connectivity index (χ2v) is 11.6.